The van der Waals surface area contributed by atoms with Gasteiger partial charge in [-0.15, -0.1) is 0 Å². The summed E-state index contributed by atoms with van der Waals surface area (Å²) in [5.74, 6) is 0. The van der Waals surface area contributed by atoms with Crippen LogP contribution < -0.4 is 5.73 Å². The molecule has 1 nitrogen and oxygen atoms in total. The van der Waals surface area contributed by atoms with E-state index in [0.717, 1.165) is 6.42 Å². The highest BCUT2D eigenvalue weighted by molar-refractivity contribution is 5.42. The molecule has 13 heavy (non-hydrogen) atoms. The molecule has 68 valence electrons. The summed E-state index contributed by atoms with van der Waals surface area (Å²) in [5, 5.41) is 0. The smallest absolute Gasteiger partial charge is 0.0513 e. The van der Waals surface area contributed by atoms with Gasteiger partial charge in [-0.25, -0.2) is 0 Å². The number of allylic oxidation sites excluding steroid dienone is 1. The number of rotatable bonds is 0. The molecule has 0 spiro atoms. The normalized spacial score (nSPS) is 21.6. The second kappa shape index (κ2) is 3.00. The lowest BCUT2D eigenvalue weighted by Gasteiger charge is -2.25. The molecule has 0 bridgehead atoms. The van der Waals surface area contributed by atoms with Crippen LogP contribution in [0.3, 0.4) is 0 Å². The first-order valence-corrected chi connectivity index (χ1v) is 4.70. The zero-order valence-electron chi connectivity index (χ0n) is 8.17. The molecule has 0 amide bonds. The molecule has 0 radical (unpaired) electrons. The minimum atomic E-state index is 0.116. The van der Waals surface area contributed by atoms with Crippen molar-refractivity contribution in [1.82, 2.24) is 0 Å². The Bertz CT molecular complexity index is 363. The number of nitrogens with two attached hydrogens (primary N) is 1. The van der Waals surface area contributed by atoms with Crippen LogP contribution in [0.2, 0.25) is 0 Å². The van der Waals surface area contributed by atoms with Gasteiger partial charge >= 0.3 is 0 Å². The molecule has 1 aromatic rings. The highest BCUT2D eigenvalue weighted by atomic mass is 14.6. The van der Waals surface area contributed by atoms with E-state index in [1.807, 2.05) is 0 Å². The van der Waals surface area contributed by atoms with E-state index in [4.69, 9.17) is 5.73 Å². The maximum Gasteiger partial charge on any atom is 0.0513 e. The van der Waals surface area contributed by atoms with Gasteiger partial charge in [0.25, 0.3) is 0 Å². The van der Waals surface area contributed by atoms with Gasteiger partial charge in [0, 0.05) is 0 Å². The Labute approximate surface area is 79.3 Å². The summed E-state index contributed by atoms with van der Waals surface area (Å²) in [6.07, 6.45) is 1.07. The summed E-state index contributed by atoms with van der Waals surface area (Å²) in [6, 6.07) is 8.57. The molecule has 0 aliphatic heterocycles. The van der Waals surface area contributed by atoms with Crippen LogP contribution in [0.4, 0.5) is 0 Å². The lowest BCUT2D eigenvalue weighted by Crippen LogP contribution is -2.19. The predicted octanol–water partition coefficient (Wildman–Crippen LogP) is 2.58. The van der Waals surface area contributed by atoms with Gasteiger partial charge in [-0.1, -0.05) is 35.4 Å². The van der Waals surface area contributed by atoms with Crippen molar-refractivity contribution in [1.29, 1.82) is 0 Å². The summed E-state index contributed by atoms with van der Waals surface area (Å²) in [5.41, 5.74) is 11.6. The zero-order valence-corrected chi connectivity index (χ0v) is 8.17. The molecule has 0 heterocycles. The molecule has 1 heteroatoms. The molecule has 1 aliphatic carbocycles. The Hall–Kier alpha value is -1.08. The van der Waals surface area contributed by atoms with Crippen LogP contribution in [0, 0.1) is 0 Å². The van der Waals surface area contributed by atoms with Crippen molar-refractivity contribution in [3.05, 3.63) is 46.5 Å². The lowest BCUT2D eigenvalue weighted by atomic mass is 9.84. The monoisotopic (exact) mass is 173 g/mol. The molecule has 0 saturated carbocycles. The molecule has 1 aliphatic rings. The van der Waals surface area contributed by atoms with Crippen LogP contribution in [-0.2, 0) is 6.42 Å². The maximum atomic E-state index is 6.12. The first-order chi connectivity index (χ1) is 6.20. The van der Waals surface area contributed by atoms with Crippen LogP contribution >= 0.6 is 0 Å². The summed E-state index contributed by atoms with van der Waals surface area (Å²) in [6.45, 7) is 4.31. The third kappa shape index (κ3) is 1.29. The minimum absolute atomic E-state index is 0.116. The van der Waals surface area contributed by atoms with E-state index in [-0.39, 0.29) is 6.04 Å². The van der Waals surface area contributed by atoms with Gasteiger partial charge in [0.1, 0.15) is 0 Å². The predicted molar refractivity (Wildman–Crippen MR) is 55.4 cm³/mol. The van der Waals surface area contributed by atoms with Crippen molar-refractivity contribution < 1.29 is 0 Å². The molecule has 2 N–H and O–H groups in total. The van der Waals surface area contributed by atoms with Crippen molar-refractivity contribution in [3.8, 4) is 0 Å². The van der Waals surface area contributed by atoms with Crippen LogP contribution in [0.15, 0.2) is 35.4 Å². The van der Waals surface area contributed by atoms with Crippen LogP contribution in [-0.4, -0.2) is 0 Å². The summed E-state index contributed by atoms with van der Waals surface area (Å²) in [7, 11) is 0. The van der Waals surface area contributed by atoms with Gasteiger partial charge in [0.2, 0.25) is 0 Å². The van der Waals surface area contributed by atoms with E-state index >= 15 is 0 Å². The molecule has 1 unspecified atom stereocenters. The highest BCUT2D eigenvalue weighted by Crippen LogP contribution is 2.31. The molecule has 0 fully saturated rings. The van der Waals surface area contributed by atoms with Crippen molar-refractivity contribution in [2.24, 2.45) is 5.73 Å². The fourth-order valence-corrected chi connectivity index (χ4v) is 1.92. The Morgan fingerprint density at radius 1 is 1.23 bits per heavy atom. The van der Waals surface area contributed by atoms with Crippen LogP contribution in [0.25, 0.3) is 0 Å². The van der Waals surface area contributed by atoms with Gasteiger partial charge < -0.3 is 5.73 Å². The number of benzene rings is 1. The average Bonchev–Trinajstić information content (AvgIpc) is 2.15. The quantitative estimate of drug-likeness (QED) is 0.599. The summed E-state index contributed by atoms with van der Waals surface area (Å²) >= 11 is 0. The zero-order chi connectivity index (χ0) is 9.42. The Kier molecular flexibility index (Phi) is 1.97. The average molecular weight is 173 g/mol. The van der Waals surface area contributed by atoms with Gasteiger partial charge in [-0.3, -0.25) is 0 Å². The number of hydrogen-bond donors (Lipinski definition) is 1. The van der Waals surface area contributed by atoms with E-state index in [2.05, 4.69) is 38.1 Å². The lowest BCUT2D eigenvalue weighted by molar-refractivity contribution is 0.779. The maximum absolute atomic E-state index is 6.12. The van der Waals surface area contributed by atoms with Gasteiger partial charge in [-0.05, 0) is 31.4 Å². The molecule has 0 aromatic heterocycles. The van der Waals surface area contributed by atoms with E-state index in [9.17, 15) is 0 Å². The standard InChI is InChI=1S/C12H15N/c1-8-7-10-5-3-4-6-11(10)12(13)9(8)2/h3-6,12H,7,13H2,1-2H3. The molecular formula is C12H15N. The summed E-state index contributed by atoms with van der Waals surface area (Å²) < 4.78 is 0. The van der Waals surface area contributed by atoms with Gasteiger partial charge in [0.15, 0.2) is 0 Å². The van der Waals surface area contributed by atoms with Crippen molar-refractivity contribution in [2.75, 3.05) is 0 Å². The summed E-state index contributed by atoms with van der Waals surface area (Å²) in [4.78, 5) is 0. The van der Waals surface area contributed by atoms with E-state index < -0.39 is 0 Å². The molecular weight excluding hydrogens is 158 g/mol. The van der Waals surface area contributed by atoms with E-state index in [1.54, 1.807) is 0 Å². The second-order valence-electron chi connectivity index (χ2n) is 3.82. The van der Waals surface area contributed by atoms with Crippen molar-refractivity contribution in [3.63, 3.8) is 0 Å². The van der Waals surface area contributed by atoms with Crippen LogP contribution in [0.1, 0.15) is 31.0 Å². The molecule has 0 saturated heterocycles. The van der Waals surface area contributed by atoms with Gasteiger partial charge in [0.05, 0.1) is 6.04 Å². The van der Waals surface area contributed by atoms with Crippen LogP contribution in [0.5, 0.6) is 0 Å². The fraction of sp³-hybridized carbons (Fsp3) is 0.333. The second-order valence-corrected chi connectivity index (χ2v) is 3.82. The third-order valence-electron chi connectivity index (χ3n) is 2.99. The van der Waals surface area contributed by atoms with Crippen molar-refractivity contribution in [2.45, 2.75) is 26.3 Å². The van der Waals surface area contributed by atoms with Crippen molar-refractivity contribution >= 4 is 0 Å². The molecule has 1 atom stereocenters. The first kappa shape index (κ1) is 8.52. The largest absolute Gasteiger partial charge is 0.321 e. The number of fused-ring (bicyclic) bond motifs is 1. The molecule has 1 aromatic carbocycles. The molecule has 2 rings (SSSR count). The Balaban J connectivity index is 2.52. The Morgan fingerprint density at radius 2 is 1.92 bits per heavy atom. The fourth-order valence-electron chi connectivity index (χ4n) is 1.92. The third-order valence-corrected chi connectivity index (χ3v) is 2.99. The Morgan fingerprint density at radius 3 is 2.69 bits per heavy atom. The van der Waals surface area contributed by atoms with Gasteiger partial charge in [-0.2, -0.15) is 0 Å². The number of hydrogen-bond acceptors (Lipinski definition) is 1. The minimum Gasteiger partial charge on any atom is -0.321 e. The topological polar surface area (TPSA) is 26.0 Å². The first-order valence-electron chi connectivity index (χ1n) is 4.70. The highest BCUT2D eigenvalue weighted by Gasteiger charge is 2.19. The van der Waals surface area contributed by atoms with E-state index in [1.165, 1.54) is 22.3 Å². The van der Waals surface area contributed by atoms with E-state index in [0.29, 0.717) is 0 Å². The SMILES string of the molecule is CC1=C(C)C(N)c2ccccc2C1.